The fourth-order valence-electron chi connectivity index (χ4n) is 3.18. The summed E-state index contributed by atoms with van der Waals surface area (Å²) in [5, 5.41) is 0. The normalized spacial score (nSPS) is 21.6. The molecule has 6 heteroatoms. The van der Waals surface area contributed by atoms with Gasteiger partial charge in [-0.1, -0.05) is 18.2 Å². The molecule has 0 unspecified atom stereocenters. The van der Waals surface area contributed by atoms with E-state index in [1.165, 1.54) is 4.31 Å². The summed E-state index contributed by atoms with van der Waals surface area (Å²) in [6.45, 7) is 2.30. The lowest BCUT2D eigenvalue weighted by Crippen LogP contribution is -2.43. The van der Waals surface area contributed by atoms with E-state index in [0.29, 0.717) is 13.0 Å². The van der Waals surface area contributed by atoms with E-state index in [1.807, 2.05) is 25.1 Å². The van der Waals surface area contributed by atoms with Crippen LogP contribution in [0.2, 0.25) is 0 Å². The van der Waals surface area contributed by atoms with Crippen molar-refractivity contribution in [2.45, 2.75) is 32.1 Å². The average molecular weight is 301 g/mol. The standard InChI is InChI=1S/C14H17F2NO2S/c1-10-3-2-4-12-5-6-17(13(10)12)20(18,19)9-11-7-14(15,16)8-11/h2-4,11H,5-9H2,1H3. The number of alkyl halides is 2. The van der Waals surface area contributed by atoms with Gasteiger partial charge < -0.3 is 0 Å². The Morgan fingerprint density at radius 1 is 1.35 bits per heavy atom. The summed E-state index contributed by atoms with van der Waals surface area (Å²) in [5.41, 5.74) is 2.69. The van der Waals surface area contributed by atoms with Crippen LogP contribution in [0.25, 0.3) is 0 Å². The van der Waals surface area contributed by atoms with Crippen LogP contribution in [0.15, 0.2) is 18.2 Å². The number of para-hydroxylation sites is 1. The molecule has 0 aromatic heterocycles. The minimum Gasteiger partial charge on any atom is -0.269 e. The topological polar surface area (TPSA) is 37.4 Å². The third kappa shape index (κ3) is 2.30. The minimum absolute atomic E-state index is 0.170. The molecular formula is C14H17F2NO2S. The second-order valence-electron chi connectivity index (χ2n) is 5.81. The molecule has 0 spiro atoms. The Labute approximate surface area is 117 Å². The summed E-state index contributed by atoms with van der Waals surface area (Å²) in [5.74, 6) is -3.25. The van der Waals surface area contributed by atoms with Crippen LogP contribution in [0.4, 0.5) is 14.5 Å². The molecule has 1 fully saturated rings. The van der Waals surface area contributed by atoms with E-state index in [1.54, 1.807) is 0 Å². The lowest BCUT2D eigenvalue weighted by atomic mass is 9.83. The SMILES string of the molecule is Cc1cccc2c1N(S(=O)(=O)CC1CC(F)(F)C1)CC2. The minimum atomic E-state index is -3.51. The lowest BCUT2D eigenvalue weighted by molar-refractivity contribution is -0.103. The Morgan fingerprint density at radius 2 is 2.05 bits per heavy atom. The predicted molar refractivity (Wildman–Crippen MR) is 73.7 cm³/mol. The van der Waals surface area contributed by atoms with E-state index < -0.39 is 21.9 Å². The lowest BCUT2D eigenvalue weighted by Gasteiger charge is -2.35. The largest absolute Gasteiger partial charge is 0.269 e. The molecule has 0 N–H and O–H groups in total. The number of anilines is 1. The van der Waals surface area contributed by atoms with Crippen LogP contribution in [-0.4, -0.2) is 26.6 Å². The number of halogens is 2. The molecule has 3 rings (SSSR count). The van der Waals surface area contributed by atoms with Gasteiger partial charge in [0.25, 0.3) is 0 Å². The maximum atomic E-state index is 12.8. The second-order valence-corrected chi connectivity index (χ2v) is 7.75. The first kappa shape index (κ1) is 13.8. The molecule has 1 saturated carbocycles. The predicted octanol–water partition coefficient (Wildman–Crippen LogP) is 2.73. The molecular weight excluding hydrogens is 284 g/mol. The number of benzene rings is 1. The molecule has 1 aliphatic heterocycles. The average Bonchev–Trinajstić information content (AvgIpc) is 2.72. The van der Waals surface area contributed by atoms with Gasteiger partial charge in [0.05, 0.1) is 11.4 Å². The van der Waals surface area contributed by atoms with Gasteiger partial charge in [-0.05, 0) is 30.4 Å². The van der Waals surface area contributed by atoms with Crippen molar-refractivity contribution in [1.82, 2.24) is 0 Å². The Balaban J connectivity index is 1.81. The van der Waals surface area contributed by atoms with Gasteiger partial charge in [0.2, 0.25) is 15.9 Å². The molecule has 1 aromatic rings. The zero-order chi connectivity index (χ0) is 14.5. The van der Waals surface area contributed by atoms with Crippen molar-refractivity contribution in [2.24, 2.45) is 5.92 Å². The molecule has 20 heavy (non-hydrogen) atoms. The van der Waals surface area contributed by atoms with Crippen LogP contribution >= 0.6 is 0 Å². The summed E-state index contributed by atoms with van der Waals surface area (Å²) in [6.07, 6.45) is 0.0818. The van der Waals surface area contributed by atoms with Crippen molar-refractivity contribution >= 4 is 15.7 Å². The molecule has 0 saturated heterocycles. The van der Waals surface area contributed by atoms with E-state index >= 15 is 0 Å². The first-order valence-electron chi connectivity index (χ1n) is 6.75. The van der Waals surface area contributed by atoms with Crippen LogP contribution in [0.3, 0.4) is 0 Å². The van der Waals surface area contributed by atoms with Crippen molar-refractivity contribution in [1.29, 1.82) is 0 Å². The summed E-state index contributed by atoms with van der Waals surface area (Å²) in [6, 6.07) is 5.72. The number of fused-ring (bicyclic) bond motifs is 1. The van der Waals surface area contributed by atoms with Crippen LogP contribution in [0.1, 0.15) is 24.0 Å². The molecule has 2 aliphatic rings. The summed E-state index contributed by atoms with van der Waals surface area (Å²) in [4.78, 5) is 0. The van der Waals surface area contributed by atoms with Crippen LogP contribution < -0.4 is 4.31 Å². The Hall–Kier alpha value is -1.17. The van der Waals surface area contributed by atoms with Crippen molar-refractivity contribution in [2.75, 3.05) is 16.6 Å². The van der Waals surface area contributed by atoms with Crippen LogP contribution in [0.5, 0.6) is 0 Å². The third-order valence-corrected chi connectivity index (χ3v) is 6.04. The van der Waals surface area contributed by atoms with Crippen molar-refractivity contribution in [3.63, 3.8) is 0 Å². The van der Waals surface area contributed by atoms with E-state index in [9.17, 15) is 17.2 Å². The molecule has 1 aromatic carbocycles. The Morgan fingerprint density at radius 3 is 2.70 bits per heavy atom. The molecule has 0 bridgehead atoms. The molecule has 3 nitrogen and oxygen atoms in total. The van der Waals surface area contributed by atoms with Gasteiger partial charge >= 0.3 is 0 Å². The molecule has 110 valence electrons. The fraction of sp³-hybridized carbons (Fsp3) is 0.571. The number of sulfonamides is 1. The second kappa shape index (κ2) is 4.41. The van der Waals surface area contributed by atoms with Gasteiger partial charge in [-0.25, -0.2) is 17.2 Å². The van der Waals surface area contributed by atoms with E-state index in [0.717, 1.165) is 16.8 Å². The highest BCUT2D eigenvalue weighted by Crippen LogP contribution is 2.44. The zero-order valence-electron chi connectivity index (χ0n) is 11.3. The number of hydrogen-bond donors (Lipinski definition) is 0. The molecule has 1 aliphatic carbocycles. The molecule has 0 radical (unpaired) electrons. The third-order valence-electron chi connectivity index (χ3n) is 4.11. The van der Waals surface area contributed by atoms with Gasteiger partial charge in [0.15, 0.2) is 0 Å². The van der Waals surface area contributed by atoms with Gasteiger partial charge in [0.1, 0.15) is 0 Å². The van der Waals surface area contributed by atoms with Gasteiger partial charge in [-0.15, -0.1) is 0 Å². The smallest absolute Gasteiger partial charge is 0.248 e. The van der Waals surface area contributed by atoms with E-state index in [4.69, 9.17) is 0 Å². The monoisotopic (exact) mass is 301 g/mol. The highest BCUT2D eigenvalue weighted by molar-refractivity contribution is 7.92. The van der Waals surface area contributed by atoms with Crippen molar-refractivity contribution in [3.05, 3.63) is 29.3 Å². The Kier molecular flexibility index (Phi) is 3.04. The van der Waals surface area contributed by atoms with Gasteiger partial charge in [-0.2, -0.15) is 0 Å². The maximum Gasteiger partial charge on any atom is 0.248 e. The van der Waals surface area contributed by atoms with Crippen molar-refractivity contribution < 1.29 is 17.2 Å². The first-order chi connectivity index (χ1) is 9.28. The number of nitrogens with zero attached hydrogens (tertiary/aromatic N) is 1. The van der Waals surface area contributed by atoms with Gasteiger partial charge in [0, 0.05) is 19.4 Å². The summed E-state index contributed by atoms with van der Waals surface area (Å²) < 4.78 is 52.0. The maximum absolute atomic E-state index is 12.8. The van der Waals surface area contributed by atoms with Crippen LogP contribution in [-0.2, 0) is 16.4 Å². The number of hydrogen-bond acceptors (Lipinski definition) is 2. The highest BCUT2D eigenvalue weighted by atomic mass is 32.2. The quantitative estimate of drug-likeness (QED) is 0.861. The summed E-state index contributed by atoms with van der Waals surface area (Å²) >= 11 is 0. The van der Waals surface area contributed by atoms with E-state index in [2.05, 4.69) is 0 Å². The number of rotatable bonds is 3. The number of aryl methyl sites for hydroxylation is 1. The van der Waals surface area contributed by atoms with Crippen molar-refractivity contribution in [3.8, 4) is 0 Å². The Bertz CT molecular complexity index is 635. The van der Waals surface area contributed by atoms with Gasteiger partial charge in [-0.3, -0.25) is 4.31 Å². The fourth-order valence-corrected chi connectivity index (χ4v) is 5.10. The molecule has 0 amide bonds. The first-order valence-corrected chi connectivity index (χ1v) is 8.36. The zero-order valence-corrected chi connectivity index (χ0v) is 12.1. The van der Waals surface area contributed by atoms with E-state index in [-0.39, 0.29) is 18.6 Å². The summed E-state index contributed by atoms with van der Waals surface area (Å²) in [7, 11) is -3.51. The highest BCUT2D eigenvalue weighted by Gasteiger charge is 2.47. The molecule has 0 atom stereocenters. The van der Waals surface area contributed by atoms with Crippen LogP contribution in [0, 0.1) is 12.8 Å². The molecule has 1 heterocycles.